The van der Waals surface area contributed by atoms with E-state index in [-0.39, 0.29) is 24.0 Å². The summed E-state index contributed by atoms with van der Waals surface area (Å²) in [6.07, 6.45) is 3.77. The monoisotopic (exact) mass is 453 g/mol. The van der Waals surface area contributed by atoms with Crippen LogP contribution in [0.3, 0.4) is 0 Å². The summed E-state index contributed by atoms with van der Waals surface area (Å²) >= 11 is 12.0. The Morgan fingerprint density at radius 3 is 2.59 bits per heavy atom. The molecule has 0 spiro atoms. The highest BCUT2D eigenvalue weighted by Gasteiger charge is 2.04. The van der Waals surface area contributed by atoms with Crippen molar-refractivity contribution in [3.63, 3.8) is 0 Å². The first-order valence-electron chi connectivity index (χ1n) is 6.44. The molecule has 0 aliphatic heterocycles. The van der Waals surface area contributed by atoms with Crippen LogP contribution in [0, 0.1) is 0 Å². The van der Waals surface area contributed by atoms with Crippen LogP contribution in [0.25, 0.3) is 0 Å². The van der Waals surface area contributed by atoms with E-state index in [9.17, 15) is 0 Å². The Balaban J connectivity index is 0.00000242. The van der Waals surface area contributed by atoms with Gasteiger partial charge < -0.3 is 10.6 Å². The molecule has 1 aromatic carbocycles. The summed E-state index contributed by atoms with van der Waals surface area (Å²) in [7, 11) is 3.61. The Morgan fingerprint density at radius 1 is 1.27 bits per heavy atom. The fraction of sp³-hybridized carbons (Fsp3) is 0.286. The lowest BCUT2D eigenvalue weighted by molar-refractivity contribution is 0.765. The number of nitrogens with one attached hydrogen (secondary N) is 2. The molecule has 0 fully saturated rings. The molecule has 120 valence electrons. The highest BCUT2D eigenvalue weighted by Crippen LogP contribution is 2.20. The van der Waals surface area contributed by atoms with Gasteiger partial charge in [-0.15, -0.1) is 24.0 Å². The Bertz CT molecular complexity index is 642. The van der Waals surface area contributed by atoms with E-state index in [2.05, 4.69) is 20.7 Å². The number of benzene rings is 1. The van der Waals surface area contributed by atoms with Gasteiger partial charge in [0.15, 0.2) is 5.96 Å². The Labute approximate surface area is 157 Å². The zero-order chi connectivity index (χ0) is 15.2. The van der Waals surface area contributed by atoms with Crippen molar-refractivity contribution in [1.82, 2.24) is 20.4 Å². The van der Waals surface area contributed by atoms with E-state index in [1.807, 2.05) is 31.6 Å². The Hall–Kier alpha value is -0.990. The second kappa shape index (κ2) is 9.22. The van der Waals surface area contributed by atoms with Crippen LogP contribution >= 0.6 is 47.2 Å². The van der Waals surface area contributed by atoms with Crippen LogP contribution in [-0.2, 0) is 20.1 Å². The van der Waals surface area contributed by atoms with E-state index in [0.717, 1.165) is 11.1 Å². The number of aliphatic imine (C=N–C) groups is 1. The maximum Gasteiger partial charge on any atom is 0.191 e. The zero-order valence-electron chi connectivity index (χ0n) is 12.3. The summed E-state index contributed by atoms with van der Waals surface area (Å²) in [5.74, 6) is 0.699. The molecule has 2 aromatic rings. The minimum Gasteiger partial charge on any atom is -0.352 e. The number of aromatic nitrogens is 2. The lowest BCUT2D eigenvalue weighted by Gasteiger charge is -2.12. The predicted molar refractivity (Wildman–Crippen MR) is 102 cm³/mol. The number of nitrogens with zero attached hydrogens (tertiary/aromatic N) is 3. The second-order valence-corrected chi connectivity index (χ2v) is 5.38. The van der Waals surface area contributed by atoms with Gasteiger partial charge in [0.2, 0.25) is 0 Å². The fourth-order valence-electron chi connectivity index (χ4n) is 1.81. The summed E-state index contributed by atoms with van der Waals surface area (Å²) < 4.78 is 1.76. The third-order valence-corrected chi connectivity index (χ3v) is 3.49. The molecule has 2 rings (SSSR count). The van der Waals surface area contributed by atoms with Crippen molar-refractivity contribution < 1.29 is 0 Å². The van der Waals surface area contributed by atoms with Crippen LogP contribution in [0.5, 0.6) is 0 Å². The molecule has 0 radical (unpaired) electrons. The molecule has 1 aromatic heterocycles. The number of hydrogen-bond donors (Lipinski definition) is 2. The van der Waals surface area contributed by atoms with Gasteiger partial charge >= 0.3 is 0 Å². The molecule has 0 saturated heterocycles. The van der Waals surface area contributed by atoms with Crippen molar-refractivity contribution in [2.24, 2.45) is 12.0 Å². The summed E-state index contributed by atoms with van der Waals surface area (Å²) in [6.45, 7) is 1.23. The van der Waals surface area contributed by atoms with E-state index in [1.165, 1.54) is 0 Å². The predicted octanol–water partition coefficient (Wildman–Crippen LogP) is 3.21. The molecule has 0 bridgehead atoms. The van der Waals surface area contributed by atoms with Gasteiger partial charge in [0.1, 0.15) is 0 Å². The maximum atomic E-state index is 6.14. The highest BCUT2D eigenvalue weighted by molar-refractivity contribution is 14.0. The minimum atomic E-state index is 0. The second-order valence-electron chi connectivity index (χ2n) is 4.54. The summed E-state index contributed by atoms with van der Waals surface area (Å²) in [6, 6.07) is 5.44. The van der Waals surface area contributed by atoms with Gasteiger partial charge in [-0.2, -0.15) is 5.10 Å². The molecule has 0 atom stereocenters. The van der Waals surface area contributed by atoms with Crippen LogP contribution in [0.4, 0.5) is 0 Å². The smallest absolute Gasteiger partial charge is 0.191 e. The van der Waals surface area contributed by atoms with Crippen LogP contribution in [-0.4, -0.2) is 22.8 Å². The largest absolute Gasteiger partial charge is 0.352 e. The van der Waals surface area contributed by atoms with Crippen molar-refractivity contribution in [3.8, 4) is 0 Å². The van der Waals surface area contributed by atoms with Gasteiger partial charge in [0.25, 0.3) is 0 Å². The highest BCUT2D eigenvalue weighted by atomic mass is 127. The van der Waals surface area contributed by atoms with Gasteiger partial charge in [-0.1, -0.05) is 29.3 Å². The molecule has 0 aliphatic carbocycles. The van der Waals surface area contributed by atoms with Crippen molar-refractivity contribution in [1.29, 1.82) is 0 Å². The average Bonchev–Trinajstić information content (AvgIpc) is 2.86. The molecule has 0 saturated carbocycles. The Morgan fingerprint density at radius 2 is 2.00 bits per heavy atom. The van der Waals surface area contributed by atoms with E-state index < -0.39 is 0 Å². The molecule has 0 aliphatic rings. The third kappa shape index (κ3) is 5.66. The normalized spacial score (nSPS) is 11.0. The van der Waals surface area contributed by atoms with Gasteiger partial charge in [0.05, 0.1) is 6.20 Å². The number of guanidine groups is 1. The fourth-order valence-corrected chi connectivity index (χ4v) is 2.29. The minimum absolute atomic E-state index is 0. The maximum absolute atomic E-state index is 6.14. The van der Waals surface area contributed by atoms with E-state index in [1.54, 1.807) is 17.8 Å². The molecule has 0 unspecified atom stereocenters. The van der Waals surface area contributed by atoms with Crippen LogP contribution in [0.15, 0.2) is 35.6 Å². The van der Waals surface area contributed by atoms with Crippen LogP contribution in [0.1, 0.15) is 11.1 Å². The average molecular weight is 454 g/mol. The summed E-state index contributed by atoms with van der Waals surface area (Å²) in [4.78, 5) is 4.17. The van der Waals surface area contributed by atoms with Crippen molar-refractivity contribution in [3.05, 3.63) is 51.8 Å². The molecule has 1 heterocycles. The van der Waals surface area contributed by atoms with Gasteiger partial charge in [-0.05, 0) is 17.7 Å². The lowest BCUT2D eigenvalue weighted by atomic mass is 10.2. The van der Waals surface area contributed by atoms with E-state index >= 15 is 0 Å². The summed E-state index contributed by atoms with van der Waals surface area (Å²) in [5, 5.41) is 11.8. The quantitative estimate of drug-likeness (QED) is 0.424. The first kappa shape index (κ1) is 19.1. The Kier molecular flexibility index (Phi) is 7.98. The van der Waals surface area contributed by atoms with Crippen molar-refractivity contribution in [2.45, 2.75) is 13.1 Å². The topological polar surface area (TPSA) is 54.2 Å². The summed E-state index contributed by atoms with van der Waals surface area (Å²) in [5.41, 5.74) is 2.05. The first-order chi connectivity index (χ1) is 10.1. The third-order valence-electron chi connectivity index (χ3n) is 2.90. The van der Waals surface area contributed by atoms with E-state index in [4.69, 9.17) is 23.2 Å². The van der Waals surface area contributed by atoms with Gasteiger partial charge in [0, 0.05) is 49.0 Å². The number of aryl methyl sites for hydroxylation is 1. The van der Waals surface area contributed by atoms with Gasteiger partial charge in [-0.3, -0.25) is 9.67 Å². The van der Waals surface area contributed by atoms with Crippen molar-refractivity contribution in [2.75, 3.05) is 7.05 Å². The zero-order valence-corrected chi connectivity index (χ0v) is 16.1. The van der Waals surface area contributed by atoms with Crippen LogP contribution < -0.4 is 10.6 Å². The van der Waals surface area contributed by atoms with Crippen LogP contribution in [0.2, 0.25) is 10.0 Å². The van der Waals surface area contributed by atoms with Gasteiger partial charge in [-0.25, -0.2) is 0 Å². The molecular weight excluding hydrogens is 436 g/mol. The molecule has 22 heavy (non-hydrogen) atoms. The lowest BCUT2D eigenvalue weighted by Crippen LogP contribution is -2.36. The van der Waals surface area contributed by atoms with Crippen molar-refractivity contribution >= 4 is 53.1 Å². The SMILES string of the molecule is CN=C(NCc1cnn(C)c1)NCc1ccc(Cl)cc1Cl.I. The molecule has 2 N–H and O–H groups in total. The first-order valence-corrected chi connectivity index (χ1v) is 7.20. The number of halogens is 3. The molecule has 5 nitrogen and oxygen atoms in total. The molecule has 8 heteroatoms. The number of rotatable bonds is 4. The molecular formula is C14H18Cl2IN5. The molecule has 0 amide bonds. The van der Waals surface area contributed by atoms with E-state index in [0.29, 0.717) is 29.1 Å². The standard InChI is InChI=1S/C14H17Cl2N5.HI/c1-17-14(18-6-10-7-20-21(2)9-10)19-8-11-3-4-12(15)5-13(11)16;/h3-5,7,9H,6,8H2,1-2H3,(H2,17,18,19);1H. The number of hydrogen-bond acceptors (Lipinski definition) is 2.